The Hall–Kier alpha value is -2.25. The minimum atomic E-state index is -6.48. The third-order valence-electron chi connectivity index (χ3n) is 2.22. The number of nitro benzene ring substituents is 1. The van der Waals surface area contributed by atoms with Gasteiger partial charge in [0, 0.05) is 12.1 Å². The van der Waals surface area contributed by atoms with Gasteiger partial charge in [0.1, 0.15) is 5.75 Å². The number of halogens is 9. The fraction of sp³-hybridized carbons (Fsp3) is 0.400. The number of ether oxygens (including phenoxy) is 2. The summed E-state index contributed by atoms with van der Waals surface area (Å²) in [7, 11) is 0. The molecule has 1 rings (SSSR count). The second-order valence-electron chi connectivity index (χ2n) is 3.98. The maximum absolute atomic E-state index is 13.1. The molecule has 1 aromatic carbocycles. The van der Waals surface area contributed by atoms with E-state index in [-0.39, 0.29) is 6.07 Å². The summed E-state index contributed by atoms with van der Waals surface area (Å²) < 4.78 is 118. The van der Waals surface area contributed by atoms with Crippen molar-refractivity contribution in [2.45, 2.75) is 24.8 Å². The van der Waals surface area contributed by atoms with Gasteiger partial charge in [-0.25, -0.2) is 4.39 Å². The summed E-state index contributed by atoms with van der Waals surface area (Å²) in [6.45, 7) is 0. The van der Waals surface area contributed by atoms with Crippen LogP contribution in [0, 0.1) is 15.9 Å². The lowest BCUT2D eigenvalue weighted by Crippen LogP contribution is -2.48. The number of nitrogens with zero attached hydrogens (tertiary/aromatic N) is 1. The highest BCUT2D eigenvalue weighted by molar-refractivity contribution is 5.38. The van der Waals surface area contributed by atoms with E-state index in [2.05, 4.69) is 9.47 Å². The van der Waals surface area contributed by atoms with Crippen molar-refractivity contribution in [1.82, 2.24) is 0 Å². The molecule has 0 saturated heterocycles. The van der Waals surface area contributed by atoms with Gasteiger partial charge in [0.25, 0.3) is 0 Å². The van der Waals surface area contributed by atoms with Gasteiger partial charge in [0.15, 0.2) is 0 Å². The maximum atomic E-state index is 13.1. The maximum Gasteiger partial charge on any atom is 0.483 e. The van der Waals surface area contributed by atoms with Crippen molar-refractivity contribution in [3.63, 3.8) is 0 Å². The Balaban J connectivity index is 2.93. The van der Waals surface area contributed by atoms with Gasteiger partial charge in [0.2, 0.25) is 5.82 Å². The topological polar surface area (TPSA) is 61.6 Å². The van der Waals surface area contributed by atoms with Crippen LogP contribution in [0.2, 0.25) is 0 Å². The van der Waals surface area contributed by atoms with Gasteiger partial charge in [-0.15, -0.1) is 0 Å². The molecule has 0 aliphatic carbocycles. The van der Waals surface area contributed by atoms with E-state index >= 15 is 0 Å². The van der Waals surface area contributed by atoms with Crippen molar-refractivity contribution < 1.29 is 53.9 Å². The molecule has 24 heavy (non-hydrogen) atoms. The summed E-state index contributed by atoms with van der Waals surface area (Å²) in [6, 6.07) is 0.629. The quantitative estimate of drug-likeness (QED) is 0.427. The second kappa shape index (κ2) is 6.33. The molecule has 0 aliphatic heterocycles. The lowest BCUT2D eigenvalue weighted by atomic mass is 10.3. The molecule has 0 saturated carbocycles. The van der Waals surface area contributed by atoms with E-state index in [0.717, 1.165) is 0 Å². The molecule has 14 heteroatoms. The Kier molecular flexibility index (Phi) is 5.22. The normalized spacial score (nSPS) is 14.4. The first-order valence-corrected chi connectivity index (χ1v) is 5.44. The fourth-order valence-electron chi connectivity index (χ4n) is 1.17. The lowest BCUT2D eigenvalue weighted by Gasteiger charge is -2.26. The van der Waals surface area contributed by atoms with E-state index in [4.69, 9.17) is 0 Å². The monoisotopic (exact) mass is 373 g/mol. The molecule has 1 aromatic rings. The van der Waals surface area contributed by atoms with Crippen molar-refractivity contribution in [3.8, 4) is 5.75 Å². The van der Waals surface area contributed by atoms with Crippen molar-refractivity contribution >= 4 is 5.69 Å². The third-order valence-corrected chi connectivity index (χ3v) is 2.22. The molecule has 1 unspecified atom stereocenters. The highest BCUT2D eigenvalue weighted by atomic mass is 19.4. The molecular weight excluding hydrogens is 369 g/mol. The summed E-state index contributed by atoms with van der Waals surface area (Å²) in [6.07, 6.45) is -22.7. The molecule has 0 radical (unpaired) electrons. The number of hydrogen-bond donors (Lipinski definition) is 0. The highest BCUT2D eigenvalue weighted by Crippen LogP contribution is 2.40. The SMILES string of the molecule is O=[N+]([O-])c1ccc(OC(F)(F)C(F)OC(F)(F)C(F)(F)F)cc1F. The highest BCUT2D eigenvalue weighted by Gasteiger charge is 2.64. The molecule has 0 heterocycles. The molecule has 136 valence electrons. The van der Waals surface area contributed by atoms with E-state index in [1.807, 2.05) is 0 Å². The zero-order chi connectivity index (χ0) is 18.9. The molecule has 0 bridgehead atoms. The smallest absolute Gasteiger partial charge is 0.428 e. The van der Waals surface area contributed by atoms with Crippen molar-refractivity contribution in [1.29, 1.82) is 0 Å². The first-order valence-electron chi connectivity index (χ1n) is 5.44. The van der Waals surface area contributed by atoms with Crippen LogP contribution in [0.25, 0.3) is 0 Å². The Morgan fingerprint density at radius 3 is 2.04 bits per heavy atom. The number of hydrogen-bond acceptors (Lipinski definition) is 4. The Labute approximate surface area is 125 Å². The third kappa shape index (κ3) is 4.39. The summed E-state index contributed by atoms with van der Waals surface area (Å²) in [4.78, 5) is 9.04. The number of benzene rings is 1. The van der Waals surface area contributed by atoms with Gasteiger partial charge in [-0.3, -0.25) is 14.9 Å². The van der Waals surface area contributed by atoms with Crippen molar-refractivity contribution in [2.24, 2.45) is 0 Å². The van der Waals surface area contributed by atoms with Gasteiger partial charge >= 0.3 is 30.4 Å². The van der Waals surface area contributed by atoms with E-state index in [9.17, 15) is 49.6 Å². The summed E-state index contributed by atoms with van der Waals surface area (Å²) in [5, 5.41) is 10.3. The van der Waals surface area contributed by atoms with Gasteiger partial charge in [0.05, 0.1) is 4.92 Å². The van der Waals surface area contributed by atoms with Crippen LogP contribution in [0.15, 0.2) is 18.2 Å². The Morgan fingerprint density at radius 2 is 1.62 bits per heavy atom. The van der Waals surface area contributed by atoms with Gasteiger partial charge in [-0.05, 0) is 6.07 Å². The summed E-state index contributed by atoms with van der Waals surface area (Å²) >= 11 is 0. The molecular formula is C10H4F9NO4. The average Bonchev–Trinajstić information content (AvgIpc) is 2.35. The zero-order valence-electron chi connectivity index (χ0n) is 10.8. The lowest BCUT2D eigenvalue weighted by molar-refractivity contribution is -0.442. The molecule has 0 spiro atoms. The predicted molar refractivity (Wildman–Crippen MR) is 55.6 cm³/mol. The van der Waals surface area contributed by atoms with Crippen LogP contribution in [0.1, 0.15) is 0 Å². The van der Waals surface area contributed by atoms with Crippen LogP contribution in [0.5, 0.6) is 5.75 Å². The van der Waals surface area contributed by atoms with E-state index < -0.39 is 46.9 Å². The molecule has 5 nitrogen and oxygen atoms in total. The first-order chi connectivity index (χ1) is 10.7. The van der Waals surface area contributed by atoms with Crippen molar-refractivity contribution in [2.75, 3.05) is 0 Å². The van der Waals surface area contributed by atoms with Gasteiger partial charge in [-0.1, -0.05) is 0 Å². The van der Waals surface area contributed by atoms with E-state index in [1.165, 1.54) is 0 Å². The first kappa shape index (κ1) is 19.8. The molecule has 0 aliphatic rings. The molecule has 0 N–H and O–H groups in total. The standard InChI is InChI=1S/C10H4F9NO4/c11-5-3-4(1-2-6(5)20(21)22)23-8(13,14)7(12)24-10(18,19)9(15,16)17/h1-3,7H. The minimum absolute atomic E-state index is 0.0271. The number of rotatable bonds is 6. The zero-order valence-corrected chi connectivity index (χ0v) is 10.8. The van der Waals surface area contributed by atoms with Crippen LogP contribution < -0.4 is 4.74 Å². The van der Waals surface area contributed by atoms with Crippen LogP contribution in [0.4, 0.5) is 45.2 Å². The van der Waals surface area contributed by atoms with Crippen LogP contribution in [-0.2, 0) is 4.74 Å². The van der Waals surface area contributed by atoms with Crippen LogP contribution >= 0.6 is 0 Å². The summed E-state index contributed by atoms with van der Waals surface area (Å²) in [5.41, 5.74) is -1.18. The molecule has 0 amide bonds. The molecule has 1 atom stereocenters. The average molecular weight is 373 g/mol. The van der Waals surface area contributed by atoms with E-state index in [0.29, 0.717) is 12.1 Å². The minimum Gasteiger partial charge on any atom is -0.428 e. The van der Waals surface area contributed by atoms with Gasteiger partial charge in [-0.2, -0.15) is 35.1 Å². The molecule has 0 fully saturated rings. The Morgan fingerprint density at radius 1 is 1.08 bits per heavy atom. The Bertz CT molecular complexity index is 619. The van der Waals surface area contributed by atoms with Crippen molar-refractivity contribution in [3.05, 3.63) is 34.1 Å². The largest absolute Gasteiger partial charge is 0.483 e. The van der Waals surface area contributed by atoms with Crippen LogP contribution in [0.3, 0.4) is 0 Å². The van der Waals surface area contributed by atoms with E-state index in [1.54, 1.807) is 0 Å². The fourth-order valence-corrected chi connectivity index (χ4v) is 1.17. The molecule has 0 aromatic heterocycles. The second-order valence-corrected chi connectivity index (χ2v) is 3.98. The number of nitro groups is 1. The predicted octanol–water partition coefficient (Wildman–Crippen LogP) is 4.17. The number of alkyl halides is 8. The summed E-state index contributed by atoms with van der Waals surface area (Å²) in [5.74, 6) is -2.99. The van der Waals surface area contributed by atoms with Crippen LogP contribution in [-0.4, -0.2) is 29.7 Å². The van der Waals surface area contributed by atoms with Gasteiger partial charge < -0.3 is 4.74 Å².